The van der Waals surface area contributed by atoms with Gasteiger partial charge in [0.2, 0.25) is 0 Å². The van der Waals surface area contributed by atoms with Crippen molar-refractivity contribution in [1.29, 1.82) is 0 Å². The van der Waals surface area contributed by atoms with Crippen molar-refractivity contribution in [2.24, 2.45) is 0 Å². The lowest BCUT2D eigenvalue weighted by atomic mass is 9.75. The summed E-state index contributed by atoms with van der Waals surface area (Å²) in [6, 6.07) is 34.9. The Hall–Kier alpha value is -3.64. The van der Waals surface area contributed by atoms with Crippen LogP contribution in [0.4, 0.5) is 0 Å². The molecule has 33 heavy (non-hydrogen) atoms. The lowest BCUT2D eigenvalue weighted by Crippen LogP contribution is -2.20. The van der Waals surface area contributed by atoms with Gasteiger partial charge >= 0.3 is 0 Å². The average Bonchev–Trinajstić information content (AvgIpc) is 2.84. The van der Waals surface area contributed by atoms with Crippen LogP contribution in [0.25, 0.3) is 33.4 Å². The molecule has 0 fully saturated rings. The Balaban J connectivity index is 1.66. The smallest absolute Gasteiger partial charge is 0.0143 e. The first-order valence-corrected chi connectivity index (χ1v) is 11.6. The normalized spacial score (nSPS) is 11.6. The highest BCUT2D eigenvalue weighted by molar-refractivity contribution is 5.84. The van der Waals surface area contributed by atoms with Gasteiger partial charge < -0.3 is 0 Å². The van der Waals surface area contributed by atoms with E-state index < -0.39 is 0 Å². The number of benzene rings is 4. The molecule has 0 bridgehead atoms. The van der Waals surface area contributed by atoms with E-state index in [-0.39, 0.29) is 5.41 Å². The maximum atomic E-state index is 4.29. The van der Waals surface area contributed by atoms with Crippen molar-refractivity contribution in [2.75, 3.05) is 0 Å². The van der Waals surface area contributed by atoms with Gasteiger partial charge in [-0.25, -0.2) is 0 Å². The average molecular weight is 429 g/mol. The predicted molar refractivity (Wildman–Crippen MR) is 144 cm³/mol. The number of rotatable bonds is 6. The number of hydrogen-bond donors (Lipinski definition) is 0. The Kier molecular flexibility index (Phi) is 6.47. The fourth-order valence-corrected chi connectivity index (χ4v) is 4.57. The Morgan fingerprint density at radius 1 is 0.667 bits per heavy atom. The second-order valence-electron chi connectivity index (χ2n) is 9.17. The molecule has 0 unspecified atom stereocenters. The molecule has 0 heteroatoms. The maximum absolute atomic E-state index is 4.29. The van der Waals surface area contributed by atoms with E-state index in [1.807, 2.05) is 6.92 Å². The second-order valence-corrected chi connectivity index (χ2v) is 9.17. The lowest BCUT2D eigenvalue weighted by molar-refractivity contribution is 0.637. The van der Waals surface area contributed by atoms with E-state index in [1.165, 1.54) is 44.5 Å². The van der Waals surface area contributed by atoms with Crippen LogP contribution >= 0.6 is 0 Å². The van der Waals surface area contributed by atoms with Gasteiger partial charge in [-0.15, -0.1) is 0 Å². The van der Waals surface area contributed by atoms with E-state index in [4.69, 9.17) is 0 Å². The highest BCUT2D eigenvalue weighted by Crippen LogP contribution is 2.36. The van der Waals surface area contributed by atoms with Gasteiger partial charge in [-0.3, -0.25) is 0 Å². The van der Waals surface area contributed by atoms with E-state index in [1.54, 1.807) is 0 Å². The third-order valence-electron chi connectivity index (χ3n) is 6.61. The van der Waals surface area contributed by atoms with Gasteiger partial charge in [0.1, 0.15) is 0 Å². The molecule has 0 N–H and O–H groups in total. The molecule has 0 aliphatic heterocycles. The number of hydrogen-bond acceptors (Lipinski definition) is 0. The minimum Gasteiger partial charge on any atom is -0.0950 e. The summed E-state index contributed by atoms with van der Waals surface area (Å²) in [5.41, 5.74) is 11.1. The molecule has 0 spiro atoms. The molecule has 4 rings (SSSR count). The molecule has 0 aromatic heterocycles. The van der Waals surface area contributed by atoms with Crippen molar-refractivity contribution >= 4 is 0 Å². The topological polar surface area (TPSA) is 0 Å². The van der Waals surface area contributed by atoms with Crippen molar-refractivity contribution < 1.29 is 0 Å². The SMILES string of the molecule is C=C(/C=C\C)C(C)(C)c1ccc(-c2ccc(-c3ccccc3-c3ccccc3)cc2)cc1C. The molecule has 0 aliphatic carbocycles. The Morgan fingerprint density at radius 2 is 1.18 bits per heavy atom. The molecule has 0 amide bonds. The van der Waals surface area contributed by atoms with E-state index in [2.05, 4.69) is 137 Å². The van der Waals surface area contributed by atoms with Gasteiger partial charge in [-0.1, -0.05) is 130 Å². The fraction of sp³-hybridized carbons (Fsp3) is 0.152. The molecule has 0 nitrogen and oxygen atoms in total. The molecule has 0 atom stereocenters. The summed E-state index contributed by atoms with van der Waals surface area (Å²) < 4.78 is 0. The Bertz CT molecular complexity index is 1290. The standard InChI is InChI=1S/C33H32/c1-6-12-25(3)33(4,5)32-22-21-29(23-24(32)2)26-17-19-28(20-18-26)31-16-11-10-15-30(31)27-13-8-7-9-14-27/h6-23H,3H2,1-2,4-5H3/b12-6-. The molecule has 0 heterocycles. The fourth-order valence-electron chi connectivity index (χ4n) is 4.57. The van der Waals surface area contributed by atoms with Crippen LogP contribution < -0.4 is 0 Å². The maximum Gasteiger partial charge on any atom is 0.0143 e. The predicted octanol–water partition coefficient (Wildman–Crippen LogP) is 9.41. The first-order chi connectivity index (χ1) is 15.9. The minimum absolute atomic E-state index is 0.0971. The van der Waals surface area contributed by atoms with Crippen LogP contribution in [0.1, 0.15) is 31.9 Å². The van der Waals surface area contributed by atoms with Crippen molar-refractivity contribution in [3.05, 3.63) is 132 Å². The van der Waals surface area contributed by atoms with Crippen molar-refractivity contribution in [3.8, 4) is 33.4 Å². The van der Waals surface area contributed by atoms with E-state index in [9.17, 15) is 0 Å². The zero-order valence-electron chi connectivity index (χ0n) is 20.1. The summed E-state index contributed by atoms with van der Waals surface area (Å²) in [7, 11) is 0. The summed E-state index contributed by atoms with van der Waals surface area (Å²) >= 11 is 0. The Labute approximate surface area is 199 Å². The lowest BCUT2D eigenvalue weighted by Gasteiger charge is -2.28. The third-order valence-corrected chi connectivity index (χ3v) is 6.61. The number of aryl methyl sites for hydroxylation is 1. The highest BCUT2D eigenvalue weighted by Gasteiger charge is 2.24. The van der Waals surface area contributed by atoms with E-state index in [0.29, 0.717) is 0 Å². The second kappa shape index (κ2) is 9.46. The zero-order chi connectivity index (χ0) is 23.4. The van der Waals surface area contributed by atoms with Gasteiger partial charge in [-0.2, -0.15) is 0 Å². The molecular weight excluding hydrogens is 396 g/mol. The molecule has 0 saturated heterocycles. The van der Waals surface area contributed by atoms with Gasteiger partial charge in [0.25, 0.3) is 0 Å². The van der Waals surface area contributed by atoms with Crippen LogP contribution in [0.3, 0.4) is 0 Å². The third kappa shape index (κ3) is 4.61. The summed E-state index contributed by atoms with van der Waals surface area (Å²) in [6.07, 6.45) is 4.17. The monoisotopic (exact) mass is 428 g/mol. The largest absolute Gasteiger partial charge is 0.0950 e. The molecule has 164 valence electrons. The first-order valence-electron chi connectivity index (χ1n) is 11.6. The van der Waals surface area contributed by atoms with Crippen LogP contribution in [0.15, 0.2) is 121 Å². The van der Waals surface area contributed by atoms with Gasteiger partial charge in [-0.05, 0) is 63.9 Å². The van der Waals surface area contributed by atoms with Gasteiger partial charge in [0.05, 0.1) is 0 Å². The van der Waals surface area contributed by atoms with Crippen LogP contribution in [-0.2, 0) is 5.41 Å². The molecule has 4 aromatic rings. The molecular formula is C33H32. The van der Waals surface area contributed by atoms with Crippen molar-refractivity contribution in [2.45, 2.75) is 33.1 Å². The van der Waals surface area contributed by atoms with Gasteiger partial charge in [0, 0.05) is 5.41 Å². The van der Waals surface area contributed by atoms with Gasteiger partial charge in [0.15, 0.2) is 0 Å². The van der Waals surface area contributed by atoms with Crippen LogP contribution in [0.5, 0.6) is 0 Å². The summed E-state index contributed by atoms with van der Waals surface area (Å²) in [5.74, 6) is 0. The molecule has 0 aliphatic rings. The highest BCUT2D eigenvalue weighted by atomic mass is 14.3. The summed E-state index contributed by atoms with van der Waals surface area (Å²) in [5, 5.41) is 0. The molecule has 4 aromatic carbocycles. The first kappa shape index (κ1) is 22.6. The quantitative estimate of drug-likeness (QED) is 0.268. The van der Waals surface area contributed by atoms with Crippen LogP contribution in [-0.4, -0.2) is 0 Å². The summed E-state index contributed by atoms with van der Waals surface area (Å²) in [6.45, 7) is 13.0. The van der Waals surface area contributed by atoms with Crippen LogP contribution in [0, 0.1) is 6.92 Å². The Morgan fingerprint density at radius 3 is 1.76 bits per heavy atom. The number of allylic oxidation sites excluding steroid dienone is 3. The molecule has 0 radical (unpaired) electrons. The van der Waals surface area contributed by atoms with E-state index in [0.717, 1.165) is 5.57 Å². The van der Waals surface area contributed by atoms with Crippen molar-refractivity contribution in [3.63, 3.8) is 0 Å². The summed E-state index contributed by atoms with van der Waals surface area (Å²) in [4.78, 5) is 0. The van der Waals surface area contributed by atoms with Crippen LogP contribution in [0.2, 0.25) is 0 Å². The van der Waals surface area contributed by atoms with E-state index >= 15 is 0 Å². The molecule has 0 saturated carbocycles. The minimum atomic E-state index is -0.0971. The zero-order valence-corrected chi connectivity index (χ0v) is 20.1. The van der Waals surface area contributed by atoms with Crippen molar-refractivity contribution in [1.82, 2.24) is 0 Å².